The SMILES string of the molecule is BC1(B)c2ncccc2C(=O)N1Cc1c(F)cc(-c2ccc(OC(F)(F)F)c3nn(C)cc23)cc1F. The summed E-state index contributed by atoms with van der Waals surface area (Å²) in [6.45, 7) is -0.333. The zero-order valence-corrected chi connectivity index (χ0v) is 19.3. The van der Waals surface area contributed by atoms with Gasteiger partial charge in [-0.25, -0.2) is 8.78 Å². The van der Waals surface area contributed by atoms with Crippen LogP contribution in [-0.2, 0) is 18.9 Å². The van der Waals surface area contributed by atoms with E-state index in [1.807, 2.05) is 0 Å². The molecule has 0 saturated carbocycles. The van der Waals surface area contributed by atoms with Crippen molar-refractivity contribution < 1.29 is 31.5 Å². The smallest absolute Gasteiger partial charge is 0.403 e. The molecule has 2 aromatic heterocycles. The number of amides is 1. The molecule has 0 bridgehead atoms. The molecule has 36 heavy (non-hydrogen) atoms. The third kappa shape index (κ3) is 3.88. The summed E-state index contributed by atoms with van der Waals surface area (Å²) in [6, 6.07) is 7.75. The van der Waals surface area contributed by atoms with Crippen LogP contribution in [0.5, 0.6) is 5.75 Å². The summed E-state index contributed by atoms with van der Waals surface area (Å²) in [4.78, 5) is 18.6. The number of aromatic nitrogens is 3. The Hall–Kier alpha value is -3.89. The topological polar surface area (TPSA) is 60.3 Å². The fourth-order valence-electron chi connectivity index (χ4n) is 4.58. The molecular weight excluding hydrogens is 481 g/mol. The normalized spacial score (nSPS) is 14.9. The van der Waals surface area contributed by atoms with Crippen LogP contribution in [-0.4, -0.2) is 47.6 Å². The number of ether oxygens (including phenoxy) is 1. The van der Waals surface area contributed by atoms with Crippen LogP contribution in [0.3, 0.4) is 0 Å². The molecule has 5 rings (SSSR count). The maximum atomic E-state index is 15.3. The molecule has 0 radical (unpaired) electrons. The second-order valence-electron chi connectivity index (χ2n) is 8.99. The lowest BCUT2D eigenvalue weighted by molar-refractivity contribution is -0.274. The number of carbonyl (C=O) groups excluding carboxylic acids is 1. The Morgan fingerprint density at radius 1 is 1.08 bits per heavy atom. The molecule has 182 valence electrons. The molecule has 1 amide bonds. The van der Waals surface area contributed by atoms with E-state index in [1.54, 1.807) is 34.0 Å². The predicted molar refractivity (Wildman–Crippen MR) is 126 cm³/mol. The third-order valence-corrected chi connectivity index (χ3v) is 6.29. The summed E-state index contributed by atoms with van der Waals surface area (Å²) >= 11 is 0. The number of fused-ring (bicyclic) bond motifs is 2. The van der Waals surface area contributed by atoms with Gasteiger partial charge in [-0.1, -0.05) is 0 Å². The molecule has 0 spiro atoms. The first-order chi connectivity index (χ1) is 16.9. The van der Waals surface area contributed by atoms with Gasteiger partial charge in [0.2, 0.25) is 0 Å². The monoisotopic (exact) mass is 498 g/mol. The van der Waals surface area contributed by atoms with Gasteiger partial charge >= 0.3 is 6.36 Å². The van der Waals surface area contributed by atoms with Crippen molar-refractivity contribution in [2.75, 3.05) is 0 Å². The zero-order valence-electron chi connectivity index (χ0n) is 19.3. The van der Waals surface area contributed by atoms with Gasteiger partial charge in [0, 0.05) is 35.7 Å². The van der Waals surface area contributed by atoms with E-state index in [1.165, 1.54) is 28.9 Å². The summed E-state index contributed by atoms with van der Waals surface area (Å²) in [5.41, 5.74) is 0.848. The molecule has 6 nitrogen and oxygen atoms in total. The minimum Gasteiger partial charge on any atom is -0.403 e. The van der Waals surface area contributed by atoms with Crippen molar-refractivity contribution in [1.29, 1.82) is 0 Å². The summed E-state index contributed by atoms with van der Waals surface area (Å²) in [7, 11) is 5.00. The van der Waals surface area contributed by atoms with E-state index in [9.17, 15) is 18.0 Å². The quantitative estimate of drug-likeness (QED) is 0.321. The molecule has 13 heteroatoms. The van der Waals surface area contributed by atoms with Gasteiger partial charge in [-0.05, 0) is 47.5 Å². The van der Waals surface area contributed by atoms with Gasteiger partial charge in [-0.15, -0.1) is 13.2 Å². The molecule has 0 saturated heterocycles. The van der Waals surface area contributed by atoms with Crippen molar-refractivity contribution in [1.82, 2.24) is 19.7 Å². The molecule has 0 unspecified atom stereocenters. The van der Waals surface area contributed by atoms with Crippen molar-refractivity contribution in [3.8, 4) is 16.9 Å². The molecular formula is C23H17B2F5N4O2. The number of halogens is 5. The Bertz CT molecular complexity index is 1510. The summed E-state index contributed by atoms with van der Waals surface area (Å²) in [5.74, 6) is -2.71. The Labute approximate surface area is 203 Å². The number of hydrogen-bond acceptors (Lipinski definition) is 4. The number of hydrogen-bond donors (Lipinski definition) is 0. The first-order valence-electron chi connectivity index (χ1n) is 10.8. The van der Waals surface area contributed by atoms with Gasteiger partial charge in [0.1, 0.15) is 32.8 Å². The minimum absolute atomic E-state index is 0.0993. The van der Waals surface area contributed by atoms with E-state index in [0.29, 0.717) is 11.3 Å². The second-order valence-corrected chi connectivity index (χ2v) is 8.99. The third-order valence-electron chi connectivity index (χ3n) is 6.29. The highest BCUT2D eigenvalue weighted by Crippen LogP contribution is 2.38. The van der Waals surface area contributed by atoms with Gasteiger partial charge < -0.3 is 9.64 Å². The van der Waals surface area contributed by atoms with E-state index < -0.39 is 29.1 Å². The molecule has 1 aliphatic rings. The van der Waals surface area contributed by atoms with Crippen molar-refractivity contribution in [3.63, 3.8) is 0 Å². The van der Waals surface area contributed by atoms with Gasteiger partial charge in [-0.2, -0.15) is 5.10 Å². The number of alkyl halides is 3. The standard InChI is InChI=1S/C23H17B2F5N4O2/c1-33-9-14-12(4-5-18(19(14)32-33)36-23(28,29)30)11-7-16(26)15(17(27)8-11)10-34-21(35)13-3-2-6-31-20(13)22(34,24)25/h2-9H,10,24-25H2,1H3. The minimum atomic E-state index is -4.93. The van der Waals surface area contributed by atoms with E-state index in [4.69, 9.17) is 0 Å². The Balaban J connectivity index is 1.53. The molecule has 0 N–H and O–H groups in total. The van der Waals surface area contributed by atoms with Gasteiger partial charge in [0.25, 0.3) is 5.91 Å². The average molecular weight is 498 g/mol. The lowest BCUT2D eigenvalue weighted by atomic mass is 9.59. The average Bonchev–Trinajstić information content (AvgIpc) is 3.26. The molecule has 4 aromatic rings. The number of aryl methyl sites for hydroxylation is 1. The highest BCUT2D eigenvalue weighted by atomic mass is 19.4. The first-order valence-corrected chi connectivity index (χ1v) is 10.8. The zero-order chi connectivity index (χ0) is 26.0. The molecule has 0 aliphatic carbocycles. The van der Waals surface area contributed by atoms with Crippen LogP contribution in [0.4, 0.5) is 22.0 Å². The second kappa shape index (κ2) is 8.07. The van der Waals surface area contributed by atoms with E-state index >= 15 is 8.78 Å². The summed E-state index contributed by atoms with van der Waals surface area (Å²) in [5, 5.41) is 3.35. The van der Waals surface area contributed by atoms with Crippen molar-refractivity contribution in [2.24, 2.45) is 7.05 Å². The first kappa shape index (κ1) is 23.8. The number of pyridine rings is 1. The Kier molecular flexibility index (Phi) is 5.34. The lowest BCUT2D eigenvalue weighted by Gasteiger charge is -2.32. The highest BCUT2D eigenvalue weighted by Gasteiger charge is 2.44. The maximum absolute atomic E-state index is 15.3. The van der Waals surface area contributed by atoms with Gasteiger partial charge in [-0.3, -0.25) is 14.5 Å². The maximum Gasteiger partial charge on any atom is 0.573 e. The fourth-order valence-corrected chi connectivity index (χ4v) is 4.58. The van der Waals surface area contributed by atoms with Crippen LogP contribution in [0.1, 0.15) is 21.6 Å². The van der Waals surface area contributed by atoms with Crippen molar-refractivity contribution in [2.45, 2.75) is 18.2 Å². The van der Waals surface area contributed by atoms with Crippen LogP contribution in [0, 0.1) is 11.6 Å². The largest absolute Gasteiger partial charge is 0.573 e. The molecule has 0 atom stereocenters. The summed E-state index contributed by atoms with van der Waals surface area (Å²) < 4.78 is 74.3. The van der Waals surface area contributed by atoms with Crippen LogP contribution in [0.25, 0.3) is 22.0 Å². The molecule has 2 aromatic carbocycles. The molecule has 1 aliphatic heterocycles. The van der Waals surface area contributed by atoms with E-state index in [0.717, 1.165) is 18.2 Å². The molecule has 0 fully saturated rings. The highest BCUT2D eigenvalue weighted by molar-refractivity contribution is 6.42. The van der Waals surface area contributed by atoms with Crippen LogP contribution < -0.4 is 4.74 Å². The van der Waals surface area contributed by atoms with Crippen LogP contribution >= 0.6 is 0 Å². The summed E-state index contributed by atoms with van der Waals surface area (Å²) in [6.07, 6.45) is -1.94. The van der Waals surface area contributed by atoms with E-state index in [-0.39, 0.29) is 40.0 Å². The van der Waals surface area contributed by atoms with E-state index in [2.05, 4.69) is 14.8 Å². The number of nitrogens with zero attached hydrogens (tertiary/aromatic N) is 4. The Morgan fingerprint density at radius 2 is 1.78 bits per heavy atom. The predicted octanol–water partition coefficient (Wildman–Crippen LogP) is 2.84. The fraction of sp³-hybridized carbons (Fsp3) is 0.174. The number of carbonyl (C=O) groups is 1. The van der Waals surface area contributed by atoms with Crippen molar-refractivity contribution >= 4 is 32.5 Å². The Morgan fingerprint density at radius 3 is 2.42 bits per heavy atom. The van der Waals surface area contributed by atoms with Crippen LogP contribution in [0.15, 0.2) is 48.8 Å². The van der Waals surface area contributed by atoms with Gasteiger partial charge in [0.05, 0.1) is 17.8 Å². The van der Waals surface area contributed by atoms with Gasteiger partial charge in [0.15, 0.2) is 5.75 Å². The number of rotatable bonds is 4. The number of benzene rings is 2. The lowest BCUT2D eigenvalue weighted by Crippen LogP contribution is -2.45. The van der Waals surface area contributed by atoms with Crippen LogP contribution in [0.2, 0.25) is 0 Å². The van der Waals surface area contributed by atoms with Crippen molar-refractivity contribution in [3.05, 3.63) is 77.2 Å². The molecule has 3 heterocycles.